The number of carbonyl (C=O) groups is 2. The van der Waals surface area contributed by atoms with Gasteiger partial charge in [-0.25, -0.2) is 0 Å². The van der Waals surface area contributed by atoms with Crippen molar-refractivity contribution in [2.24, 2.45) is 0 Å². The van der Waals surface area contributed by atoms with Crippen molar-refractivity contribution in [2.75, 3.05) is 14.2 Å². The molecule has 0 spiro atoms. The second-order valence-corrected chi connectivity index (χ2v) is 7.85. The molecule has 0 bridgehead atoms. The molecule has 1 fully saturated rings. The van der Waals surface area contributed by atoms with Crippen LogP contribution in [0.4, 0.5) is 4.79 Å². The second-order valence-electron chi connectivity index (χ2n) is 5.60. The maximum Gasteiger partial charge on any atom is 0.293 e. The molecule has 8 heteroatoms. The van der Waals surface area contributed by atoms with E-state index in [-0.39, 0.29) is 17.7 Å². The highest BCUT2D eigenvalue weighted by atomic mass is 79.9. The van der Waals surface area contributed by atoms with Crippen molar-refractivity contribution in [3.8, 4) is 11.5 Å². The molecule has 2 amide bonds. The van der Waals surface area contributed by atoms with E-state index < -0.39 is 0 Å². The number of rotatable bonds is 5. The molecular weight excluding hydrogens is 454 g/mol. The summed E-state index contributed by atoms with van der Waals surface area (Å²) in [4.78, 5) is 26.6. The first-order valence-corrected chi connectivity index (χ1v) is 9.83. The molecule has 2 aromatic rings. The highest BCUT2D eigenvalue weighted by Gasteiger charge is 2.35. The molecule has 5 nitrogen and oxygen atoms in total. The fourth-order valence-electron chi connectivity index (χ4n) is 2.61. The van der Waals surface area contributed by atoms with Crippen molar-refractivity contribution >= 4 is 56.5 Å². The smallest absolute Gasteiger partial charge is 0.293 e. The molecular formula is C19H15BrClNO4S. The Bertz CT molecular complexity index is 947. The number of carbonyl (C=O) groups excluding carboxylic acids is 2. The van der Waals surface area contributed by atoms with Gasteiger partial charge in [0.05, 0.1) is 30.7 Å². The lowest BCUT2D eigenvalue weighted by atomic mass is 10.1. The Labute approximate surface area is 174 Å². The van der Waals surface area contributed by atoms with Crippen molar-refractivity contribution in [1.82, 2.24) is 4.90 Å². The standard InChI is InChI=1S/C19H15BrClNO4S/c1-25-15-8-11(7-14(21)17(15)26-2)9-16-18(23)22(19(24)27-16)10-12-5-3-4-6-13(12)20/h3-9H,10H2,1-2H3/b16-9-. The molecule has 0 atom stereocenters. The molecule has 1 saturated heterocycles. The summed E-state index contributed by atoms with van der Waals surface area (Å²) in [7, 11) is 3.00. The first-order valence-electron chi connectivity index (χ1n) is 7.85. The highest BCUT2D eigenvalue weighted by Crippen LogP contribution is 2.39. The summed E-state index contributed by atoms with van der Waals surface area (Å²) in [5.41, 5.74) is 1.50. The molecule has 0 radical (unpaired) electrons. The van der Waals surface area contributed by atoms with Crippen molar-refractivity contribution in [3.05, 3.63) is 61.9 Å². The van der Waals surface area contributed by atoms with Crippen LogP contribution in [0.25, 0.3) is 6.08 Å². The molecule has 140 valence electrons. The molecule has 0 aromatic heterocycles. The highest BCUT2D eigenvalue weighted by molar-refractivity contribution is 9.10. The fraction of sp³-hybridized carbons (Fsp3) is 0.158. The first kappa shape index (κ1) is 19.8. The average molecular weight is 469 g/mol. The number of hydrogen-bond acceptors (Lipinski definition) is 5. The van der Waals surface area contributed by atoms with E-state index in [9.17, 15) is 9.59 Å². The Balaban J connectivity index is 1.88. The van der Waals surface area contributed by atoms with E-state index in [1.807, 2.05) is 24.3 Å². The van der Waals surface area contributed by atoms with E-state index in [0.717, 1.165) is 21.8 Å². The number of benzene rings is 2. The molecule has 27 heavy (non-hydrogen) atoms. The van der Waals surface area contributed by atoms with Crippen LogP contribution in [-0.2, 0) is 11.3 Å². The minimum absolute atomic E-state index is 0.204. The molecule has 0 aliphatic carbocycles. The van der Waals surface area contributed by atoms with Crippen LogP contribution in [0.2, 0.25) is 5.02 Å². The average Bonchev–Trinajstić information content (AvgIpc) is 2.90. The van der Waals surface area contributed by atoms with Gasteiger partial charge in [0.15, 0.2) is 11.5 Å². The largest absolute Gasteiger partial charge is 0.493 e. The summed E-state index contributed by atoms with van der Waals surface area (Å²) >= 11 is 10.5. The number of hydrogen-bond donors (Lipinski definition) is 0. The zero-order chi connectivity index (χ0) is 19.6. The van der Waals surface area contributed by atoms with Gasteiger partial charge < -0.3 is 9.47 Å². The van der Waals surface area contributed by atoms with Crippen LogP contribution in [0.1, 0.15) is 11.1 Å². The minimum atomic E-state index is -0.341. The number of thioether (sulfide) groups is 1. The lowest BCUT2D eigenvalue weighted by molar-refractivity contribution is -0.123. The van der Waals surface area contributed by atoms with E-state index in [4.69, 9.17) is 21.1 Å². The number of imide groups is 1. The topological polar surface area (TPSA) is 55.8 Å². The maximum absolute atomic E-state index is 12.7. The quantitative estimate of drug-likeness (QED) is 0.553. The van der Waals surface area contributed by atoms with Gasteiger partial charge in [0.25, 0.3) is 11.1 Å². The molecule has 0 saturated carbocycles. The fourth-order valence-corrected chi connectivity index (χ4v) is 4.15. The van der Waals surface area contributed by atoms with E-state index in [1.165, 1.54) is 19.1 Å². The van der Waals surface area contributed by atoms with Gasteiger partial charge in [-0.2, -0.15) is 0 Å². The molecule has 0 N–H and O–H groups in total. The predicted molar refractivity (Wildman–Crippen MR) is 110 cm³/mol. The lowest BCUT2D eigenvalue weighted by Gasteiger charge is -2.13. The van der Waals surface area contributed by atoms with Crippen LogP contribution in [0, 0.1) is 0 Å². The molecule has 1 aliphatic heterocycles. The monoisotopic (exact) mass is 467 g/mol. The van der Waals surface area contributed by atoms with Crippen LogP contribution >= 0.6 is 39.3 Å². The van der Waals surface area contributed by atoms with Gasteiger partial charge in [-0.3, -0.25) is 14.5 Å². The Morgan fingerprint density at radius 3 is 2.59 bits per heavy atom. The van der Waals surface area contributed by atoms with E-state index >= 15 is 0 Å². The predicted octanol–water partition coefficient (Wildman–Crippen LogP) is 5.36. The third kappa shape index (κ3) is 4.15. The van der Waals surface area contributed by atoms with Crippen LogP contribution in [-0.4, -0.2) is 30.3 Å². The summed E-state index contributed by atoms with van der Waals surface area (Å²) in [6.07, 6.45) is 1.62. The van der Waals surface area contributed by atoms with Crippen LogP contribution in [0.3, 0.4) is 0 Å². The molecule has 1 heterocycles. The Morgan fingerprint density at radius 2 is 1.93 bits per heavy atom. The van der Waals surface area contributed by atoms with Gasteiger partial charge in [0.1, 0.15) is 0 Å². The molecule has 2 aromatic carbocycles. The summed E-state index contributed by atoms with van der Waals surface area (Å²) in [5.74, 6) is 0.522. The Kier molecular flexibility index (Phi) is 6.14. The van der Waals surface area contributed by atoms with Crippen molar-refractivity contribution in [3.63, 3.8) is 0 Å². The van der Waals surface area contributed by atoms with E-state index in [2.05, 4.69) is 15.9 Å². The maximum atomic E-state index is 12.7. The Hall–Kier alpha value is -1.96. The summed E-state index contributed by atoms with van der Waals surface area (Å²) < 4.78 is 11.3. The number of halogens is 2. The van der Waals surface area contributed by atoms with Crippen LogP contribution in [0.15, 0.2) is 45.8 Å². The van der Waals surface area contributed by atoms with Crippen molar-refractivity contribution < 1.29 is 19.1 Å². The molecule has 0 unspecified atom stereocenters. The number of methoxy groups -OCH3 is 2. The van der Waals surface area contributed by atoms with Gasteiger partial charge >= 0.3 is 0 Å². The molecule has 1 aliphatic rings. The van der Waals surface area contributed by atoms with Crippen LogP contribution in [0.5, 0.6) is 11.5 Å². The minimum Gasteiger partial charge on any atom is -0.493 e. The lowest BCUT2D eigenvalue weighted by Crippen LogP contribution is -2.27. The third-order valence-corrected chi connectivity index (χ3v) is 5.88. The molecule has 3 rings (SSSR count). The van der Waals surface area contributed by atoms with Gasteiger partial charge in [0.2, 0.25) is 0 Å². The second kappa shape index (κ2) is 8.37. The van der Waals surface area contributed by atoms with Gasteiger partial charge in [-0.15, -0.1) is 0 Å². The number of ether oxygens (including phenoxy) is 2. The van der Waals surface area contributed by atoms with Gasteiger partial charge in [0, 0.05) is 4.47 Å². The number of amides is 2. The summed E-state index contributed by atoms with van der Waals surface area (Å²) in [5, 5.41) is 0.0455. The summed E-state index contributed by atoms with van der Waals surface area (Å²) in [6, 6.07) is 10.8. The van der Waals surface area contributed by atoms with Crippen LogP contribution < -0.4 is 9.47 Å². The first-order chi connectivity index (χ1) is 12.9. The van der Waals surface area contributed by atoms with E-state index in [1.54, 1.807) is 18.2 Å². The van der Waals surface area contributed by atoms with Crippen molar-refractivity contribution in [1.29, 1.82) is 0 Å². The van der Waals surface area contributed by atoms with Gasteiger partial charge in [-0.05, 0) is 47.2 Å². The Morgan fingerprint density at radius 1 is 1.19 bits per heavy atom. The third-order valence-electron chi connectivity index (χ3n) is 3.91. The number of nitrogens with zero attached hydrogens (tertiary/aromatic N) is 1. The zero-order valence-electron chi connectivity index (χ0n) is 14.5. The van der Waals surface area contributed by atoms with Crippen molar-refractivity contribution in [2.45, 2.75) is 6.54 Å². The normalized spacial score (nSPS) is 15.6. The zero-order valence-corrected chi connectivity index (χ0v) is 17.7. The van der Waals surface area contributed by atoms with E-state index in [0.29, 0.717) is 27.0 Å². The SMILES string of the molecule is COc1cc(/C=C2\SC(=O)N(Cc3ccccc3Br)C2=O)cc(Cl)c1OC. The van der Waals surface area contributed by atoms with Gasteiger partial charge in [-0.1, -0.05) is 45.7 Å². The summed E-state index contributed by atoms with van der Waals surface area (Å²) in [6.45, 7) is 0.204.